The quantitative estimate of drug-likeness (QED) is 0.606. The zero-order chi connectivity index (χ0) is 21.5. The molecule has 31 heavy (non-hydrogen) atoms. The average Bonchev–Trinajstić information content (AvgIpc) is 3.29. The van der Waals surface area contributed by atoms with Crippen LogP contribution in [0.2, 0.25) is 0 Å². The molecule has 0 unspecified atom stereocenters. The first-order valence-corrected chi connectivity index (χ1v) is 10.9. The minimum atomic E-state index is -0.0491. The predicted molar refractivity (Wildman–Crippen MR) is 119 cm³/mol. The van der Waals surface area contributed by atoms with Crippen LogP contribution in [-0.2, 0) is 17.6 Å². The van der Waals surface area contributed by atoms with Crippen LogP contribution in [0, 0.1) is 0 Å². The second kappa shape index (κ2) is 10.2. The van der Waals surface area contributed by atoms with Crippen LogP contribution in [0.15, 0.2) is 59.1 Å². The van der Waals surface area contributed by atoms with E-state index in [0.717, 1.165) is 30.5 Å². The number of aromatic nitrogens is 2. The normalized spacial score (nSPS) is 14.5. The molecule has 1 saturated heterocycles. The molecule has 2 heterocycles. The van der Waals surface area contributed by atoms with E-state index in [4.69, 9.17) is 9.26 Å². The molecule has 0 radical (unpaired) electrons. The summed E-state index contributed by atoms with van der Waals surface area (Å²) in [5.41, 5.74) is 2.97. The van der Waals surface area contributed by atoms with Crippen LogP contribution >= 0.6 is 0 Å². The number of piperidine rings is 1. The van der Waals surface area contributed by atoms with Crippen LogP contribution in [0.1, 0.15) is 31.2 Å². The fourth-order valence-corrected chi connectivity index (χ4v) is 3.67. The van der Waals surface area contributed by atoms with E-state index in [9.17, 15) is 4.79 Å². The lowest BCUT2D eigenvalue weighted by Gasteiger charge is -2.32. The van der Waals surface area contributed by atoms with Crippen molar-refractivity contribution in [3.63, 3.8) is 0 Å². The summed E-state index contributed by atoms with van der Waals surface area (Å²) in [4.78, 5) is 18.8. The molecule has 0 aliphatic carbocycles. The second-order valence-electron chi connectivity index (χ2n) is 7.67. The van der Waals surface area contributed by atoms with E-state index in [-0.39, 0.29) is 12.1 Å². The number of likely N-dealkylation sites (tertiary alicyclic amines) is 1. The van der Waals surface area contributed by atoms with Gasteiger partial charge in [0.05, 0.1) is 12.7 Å². The van der Waals surface area contributed by atoms with Gasteiger partial charge in [-0.3, -0.25) is 0 Å². The Hall–Kier alpha value is -3.19. The van der Waals surface area contributed by atoms with Crippen molar-refractivity contribution in [3.05, 3.63) is 66.0 Å². The maximum Gasteiger partial charge on any atom is 0.321 e. The molecule has 0 saturated carbocycles. The molecule has 7 heteroatoms. The Morgan fingerprint density at radius 3 is 2.74 bits per heavy atom. The van der Waals surface area contributed by atoms with Gasteiger partial charge < -0.3 is 19.5 Å². The van der Waals surface area contributed by atoms with E-state index in [0.29, 0.717) is 37.8 Å². The minimum absolute atomic E-state index is 0.0491. The number of carbonyl (C=O) groups excluding carboxylic acids is 1. The number of hydrogen-bond donors (Lipinski definition) is 1. The van der Waals surface area contributed by atoms with Gasteiger partial charge in [-0.1, -0.05) is 42.4 Å². The summed E-state index contributed by atoms with van der Waals surface area (Å²) in [7, 11) is 0. The van der Waals surface area contributed by atoms with E-state index in [1.54, 1.807) is 0 Å². The van der Waals surface area contributed by atoms with Crippen LogP contribution in [0.5, 0.6) is 0 Å². The van der Waals surface area contributed by atoms with Crippen LogP contribution in [0.4, 0.5) is 10.5 Å². The van der Waals surface area contributed by atoms with Gasteiger partial charge in [0, 0.05) is 30.8 Å². The highest BCUT2D eigenvalue weighted by atomic mass is 16.5. The van der Waals surface area contributed by atoms with Crippen molar-refractivity contribution in [3.8, 4) is 11.5 Å². The molecule has 1 aliphatic rings. The molecule has 0 spiro atoms. The zero-order valence-electron chi connectivity index (χ0n) is 17.8. The predicted octanol–water partition coefficient (Wildman–Crippen LogP) is 4.55. The van der Waals surface area contributed by atoms with Crippen molar-refractivity contribution in [2.24, 2.45) is 0 Å². The number of urea groups is 1. The van der Waals surface area contributed by atoms with E-state index in [1.165, 1.54) is 5.56 Å². The third kappa shape index (κ3) is 5.70. The summed E-state index contributed by atoms with van der Waals surface area (Å²) < 4.78 is 11.3. The molecule has 1 aliphatic heterocycles. The van der Waals surface area contributed by atoms with Gasteiger partial charge in [-0.15, -0.1) is 0 Å². The molecule has 7 nitrogen and oxygen atoms in total. The zero-order valence-corrected chi connectivity index (χ0v) is 17.8. The van der Waals surface area contributed by atoms with Gasteiger partial charge in [0.15, 0.2) is 5.82 Å². The van der Waals surface area contributed by atoms with Gasteiger partial charge in [-0.25, -0.2) is 4.79 Å². The van der Waals surface area contributed by atoms with Crippen LogP contribution in [-0.4, -0.2) is 46.9 Å². The van der Waals surface area contributed by atoms with E-state index < -0.39 is 0 Å². The number of ether oxygens (including phenoxy) is 1. The highest BCUT2D eigenvalue weighted by molar-refractivity contribution is 5.89. The third-order valence-electron chi connectivity index (χ3n) is 5.48. The Balaban J connectivity index is 1.18. The minimum Gasteiger partial charge on any atom is -0.378 e. The smallest absolute Gasteiger partial charge is 0.321 e. The SMILES string of the molecule is CCc1cccc(NC(=O)N2CCC(OCCc3noc(-c4ccccc4)n3)CC2)c1. The monoisotopic (exact) mass is 420 g/mol. The second-order valence-corrected chi connectivity index (χ2v) is 7.67. The Kier molecular flexibility index (Phi) is 6.94. The molecule has 2 amide bonds. The molecule has 4 rings (SSSR count). The van der Waals surface area contributed by atoms with Crippen molar-refractivity contribution in [1.29, 1.82) is 0 Å². The van der Waals surface area contributed by atoms with E-state index in [1.807, 2.05) is 53.4 Å². The lowest BCUT2D eigenvalue weighted by molar-refractivity contribution is 0.0168. The van der Waals surface area contributed by atoms with E-state index >= 15 is 0 Å². The number of carbonyl (C=O) groups is 1. The number of anilines is 1. The molecule has 3 aromatic rings. The molecule has 1 aromatic heterocycles. The Morgan fingerprint density at radius 1 is 1.16 bits per heavy atom. The van der Waals surface area contributed by atoms with Crippen LogP contribution in [0.3, 0.4) is 0 Å². The van der Waals surface area contributed by atoms with Crippen LogP contribution in [0.25, 0.3) is 11.5 Å². The number of aryl methyl sites for hydroxylation is 1. The summed E-state index contributed by atoms with van der Waals surface area (Å²) in [6, 6.07) is 17.7. The maximum atomic E-state index is 12.5. The number of benzene rings is 2. The molecule has 162 valence electrons. The van der Waals surface area contributed by atoms with Gasteiger partial charge in [0.1, 0.15) is 0 Å². The largest absolute Gasteiger partial charge is 0.378 e. The lowest BCUT2D eigenvalue weighted by atomic mass is 10.1. The van der Waals surface area contributed by atoms with Crippen LogP contribution < -0.4 is 5.32 Å². The van der Waals surface area contributed by atoms with E-state index in [2.05, 4.69) is 28.4 Å². The number of nitrogens with one attached hydrogen (secondary N) is 1. The number of nitrogens with zero attached hydrogens (tertiary/aromatic N) is 3. The van der Waals surface area contributed by atoms with Gasteiger partial charge in [0.2, 0.25) is 0 Å². The highest BCUT2D eigenvalue weighted by Crippen LogP contribution is 2.18. The first-order valence-electron chi connectivity index (χ1n) is 10.9. The Morgan fingerprint density at radius 2 is 1.97 bits per heavy atom. The first kappa shape index (κ1) is 21.1. The molecular weight excluding hydrogens is 392 g/mol. The van der Waals surface area contributed by atoms with Crippen molar-refractivity contribution in [2.75, 3.05) is 25.0 Å². The van der Waals surface area contributed by atoms with Gasteiger partial charge in [0.25, 0.3) is 5.89 Å². The fraction of sp³-hybridized carbons (Fsp3) is 0.375. The van der Waals surface area contributed by atoms with Crippen molar-refractivity contribution >= 4 is 11.7 Å². The van der Waals surface area contributed by atoms with Gasteiger partial charge >= 0.3 is 6.03 Å². The summed E-state index contributed by atoms with van der Waals surface area (Å²) in [6.07, 6.45) is 3.34. The number of hydrogen-bond acceptors (Lipinski definition) is 5. The summed E-state index contributed by atoms with van der Waals surface area (Å²) >= 11 is 0. The van der Waals surface area contributed by atoms with Crippen molar-refractivity contribution in [1.82, 2.24) is 15.0 Å². The average molecular weight is 421 g/mol. The van der Waals surface area contributed by atoms with Gasteiger partial charge in [-0.2, -0.15) is 4.98 Å². The molecule has 1 N–H and O–H groups in total. The number of rotatable bonds is 7. The highest BCUT2D eigenvalue weighted by Gasteiger charge is 2.23. The first-order chi connectivity index (χ1) is 15.2. The van der Waals surface area contributed by atoms with Crippen molar-refractivity contribution < 1.29 is 14.1 Å². The third-order valence-corrected chi connectivity index (χ3v) is 5.48. The lowest BCUT2D eigenvalue weighted by Crippen LogP contribution is -2.43. The number of amides is 2. The molecule has 0 atom stereocenters. The molecule has 1 fully saturated rings. The summed E-state index contributed by atoms with van der Waals surface area (Å²) in [6.45, 7) is 4.01. The molecule has 0 bridgehead atoms. The Labute approximate surface area is 182 Å². The standard InChI is InChI=1S/C24H28N4O3/c1-2-18-7-6-10-20(17-18)25-24(29)28-14-11-21(12-15-28)30-16-13-22-26-23(31-27-22)19-8-4-3-5-9-19/h3-10,17,21H,2,11-16H2,1H3,(H,25,29). The Bertz CT molecular complexity index is 981. The summed E-state index contributed by atoms with van der Waals surface area (Å²) in [5.74, 6) is 1.17. The molecular formula is C24H28N4O3. The topological polar surface area (TPSA) is 80.5 Å². The summed E-state index contributed by atoms with van der Waals surface area (Å²) in [5, 5.41) is 7.04. The fourth-order valence-electron chi connectivity index (χ4n) is 3.67. The maximum absolute atomic E-state index is 12.5. The molecule has 2 aromatic carbocycles. The van der Waals surface area contributed by atoms with Crippen molar-refractivity contribution in [2.45, 2.75) is 38.7 Å². The van der Waals surface area contributed by atoms with Gasteiger partial charge in [-0.05, 0) is 49.1 Å².